The van der Waals surface area contributed by atoms with Crippen LogP contribution in [0.15, 0.2) is 24.3 Å². The zero-order chi connectivity index (χ0) is 14.1. The molecule has 1 aromatic rings. The Morgan fingerprint density at radius 1 is 1.25 bits per heavy atom. The Bertz CT molecular complexity index is 459. The van der Waals surface area contributed by atoms with E-state index < -0.39 is 0 Å². The van der Waals surface area contributed by atoms with Crippen molar-refractivity contribution in [1.29, 1.82) is 0 Å². The summed E-state index contributed by atoms with van der Waals surface area (Å²) in [5.74, 6) is 0. The number of piperazine rings is 1. The molecule has 0 bridgehead atoms. The summed E-state index contributed by atoms with van der Waals surface area (Å²) in [5, 5.41) is 0. The Morgan fingerprint density at radius 3 is 2.80 bits per heavy atom. The molecule has 1 aliphatic carbocycles. The molecule has 20 heavy (non-hydrogen) atoms. The first-order valence-corrected chi connectivity index (χ1v) is 8.02. The van der Waals surface area contributed by atoms with Crippen molar-refractivity contribution in [2.75, 3.05) is 26.2 Å². The molecule has 3 rings (SSSR count). The summed E-state index contributed by atoms with van der Waals surface area (Å²) in [6.07, 6.45) is 2.38. The van der Waals surface area contributed by atoms with Crippen LogP contribution in [0.3, 0.4) is 0 Å². The van der Waals surface area contributed by atoms with Crippen LogP contribution in [-0.2, 0) is 6.42 Å². The minimum atomic E-state index is 0.181. The molecule has 2 aliphatic rings. The van der Waals surface area contributed by atoms with Gasteiger partial charge in [-0.3, -0.25) is 9.80 Å². The third kappa shape index (κ3) is 2.50. The predicted molar refractivity (Wildman–Crippen MR) is 83.8 cm³/mol. The highest BCUT2D eigenvalue weighted by atomic mass is 15.3. The van der Waals surface area contributed by atoms with Gasteiger partial charge in [0.15, 0.2) is 0 Å². The topological polar surface area (TPSA) is 32.5 Å². The van der Waals surface area contributed by atoms with E-state index in [9.17, 15) is 0 Å². The molecule has 3 atom stereocenters. The van der Waals surface area contributed by atoms with E-state index in [-0.39, 0.29) is 6.04 Å². The van der Waals surface area contributed by atoms with E-state index in [0.717, 1.165) is 13.1 Å². The van der Waals surface area contributed by atoms with E-state index in [1.165, 1.54) is 37.1 Å². The highest BCUT2D eigenvalue weighted by Crippen LogP contribution is 2.32. The largest absolute Gasteiger partial charge is 0.323 e. The number of nitrogens with two attached hydrogens (primary N) is 1. The monoisotopic (exact) mass is 273 g/mol. The van der Waals surface area contributed by atoms with Crippen LogP contribution in [0.1, 0.15) is 37.4 Å². The standard InChI is InChI=1S/C17H27N3/c1-3-19-10-11-20(12-13(19)2)16-9-8-14-6-4-5-7-15(14)17(16)18/h4-7,13,16-17H,3,8-12,18H2,1-2H3. The number of benzene rings is 1. The van der Waals surface area contributed by atoms with Gasteiger partial charge in [-0.15, -0.1) is 0 Å². The van der Waals surface area contributed by atoms with E-state index in [4.69, 9.17) is 5.73 Å². The second-order valence-corrected chi connectivity index (χ2v) is 6.30. The minimum absolute atomic E-state index is 0.181. The number of rotatable bonds is 2. The third-order valence-corrected chi connectivity index (χ3v) is 5.21. The molecule has 3 nitrogen and oxygen atoms in total. The van der Waals surface area contributed by atoms with Crippen LogP contribution >= 0.6 is 0 Å². The van der Waals surface area contributed by atoms with Crippen molar-refractivity contribution in [2.24, 2.45) is 5.73 Å². The molecule has 1 aliphatic heterocycles. The highest BCUT2D eigenvalue weighted by Gasteiger charge is 2.34. The lowest BCUT2D eigenvalue weighted by atomic mass is 9.83. The Labute approximate surface area is 122 Å². The van der Waals surface area contributed by atoms with Gasteiger partial charge in [-0.2, -0.15) is 0 Å². The summed E-state index contributed by atoms with van der Waals surface area (Å²) >= 11 is 0. The van der Waals surface area contributed by atoms with Gasteiger partial charge in [0, 0.05) is 37.8 Å². The Kier molecular flexibility index (Phi) is 4.11. The van der Waals surface area contributed by atoms with Crippen molar-refractivity contribution >= 4 is 0 Å². The average Bonchev–Trinajstić information content (AvgIpc) is 2.48. The molecule has 3 heteroatoms. The first kappa shape index (κ1) is 14.1. The van der Waals surface area contributed by atoms with Crippen LogP contribution in [0.25, 0.3) is 0 Å². The van der Waals surface area contributed by atoms with Gasteiger partial charge in [-0.1, -0.05) is 31.2 Å². The SMILES string of the molecule is CCN1CCN(C2CCc3ccccc3C2N)CC1C. The normalized spacial score (nSPS) is 32.0. The molecular weight excluding hydrogens is 246 g/mol. The van der Waals surface area contributed by atoms with E-state index in [2.05, 4.69) is 47.9 Å². The van der Waals surface area contributed by atoms with Crippen molar-refractivity contribution in [3.63, 3.8) is 0 Å². The van der Waals surface area contributed by atoms with Crippen LogP contribution < -0.4 is 5.73 Å². The van der Waals surface area contributed by atoms with E-state index in [1.807, 2.05) is 0 Å². The molecule has 3 unspecified atom stereocenters. The predicted octanol–water partition coefficient (Wildman–Crippen LogP) is 2.03. The smallest absolute Gasteiger partial charge is 0.0455 e. The fourth-order valence-corrected chi connectivity index (χ4v) is 3.98. The number of aryl methyl sites for hydroxylation is 1. The Morgan fingerprint density at radius 2 is 2.05 bits per heavy atom. The fraction of sp³-hybridized carbons (Fsp3) is 0.647. The van der Waals surface area contributed by atoms with Crippen molar-refractivity contribution in [2.45, 2.75) is 44.8 Å². The third-order valence-electron chi connectivity index (χ3n) is 5.21. The zero-order valence-electron chi connectivity index (χ0n) is 12.8. The van der Waals surface area contributed by atoms with Gasteiger partial charge in [0.1, 0.15) is 0 Å². The van der Waals surface area contributed by atoms with Crippen LogP contribution in [0.4, 0.5) is 0 Å². The van der Waals surface area contributed by atoms with Gasteiger partial charge >= 0.3 is 0 Å². The van der Waals surface area contributed by atoms with Gasteiger partial charge in [-0.05, 0) is 37.4 Å². The van der Waals surface area contributed by atoms with Crippen LogP contribution in [-0.4, -0.2) is 48.1 Å². The Balaban J connectivity index is 1.73. The maximum absolute atomic E-state index is 6.58. The lowest BCUT2D eigenvalue weighted by Gasteiger charge is -2.46. The molecule has 0 spiro atoms. The summed E-state index contributed by atoms with van der Waals surface area (Å²) in [4.78, 5) is 5.20. The molecule has 110 valence electrons. The quantitative estimate of drug-likeness (QED) is 0.895. The second-order valence-electron chi connectivity index (χ2n) is 6.30. The van der Waals surface area contributed by atoms with E-state index >= 15 is 0 Å². The van der Waals surface area contributed by atoms with Crippen LogP contribution in [0.5, 0.6) is 0 Å². The molecule has 2 N–H and O–H groups in total. The Hall–Kier alpha value is -0.900. The first-order valence-electron chi connectivity index (χ1n) is 8.02. The lowest BCUT2D eigenvalue weighted by molar-refractivity contribution is 0.0449. The van der Waals surface area contributed by atoms with Crippen molar-refractivity contribution in [1.82, 2.24) is 9.80 Å². The number of hydrogen-bond donors (Lipinski definition) is 1. The number of hydrogen-bond acceptors (Lipinski definition) is 3. The van der Waals surface area contributed by atoms with Crippen molar-refractivity contribution in [3.8, 4) is 0 Å². The summed E-state index contributed by atoms with van der Waals surface area (Å²) in [7, 11) is 0. The van der Waals surface area contributed by atoms with E-state index in [1.54, 1.807) is 0 Å². The molecule has 1 saturated heterocycles. The lowest BCUT2D eigenvalue weighted by Crippen LogP contribution is -2.57. The molecule has 0 radical (unpaired) electrons. The minimum Gasteiger partial charge on any atom is -0.323 e. The highest BCUT2D eigenvalue weighted by molar-refractivity contribution is 5.33. The first-order chi connectivity index (χ1) is 9.70. The number of likely N-dealkylation sites (N-methyl/N-ethyl adjacent to an activating group) is 1. The van der Waals surface area contributed by atoms with Crippen LogP contribution in [0.2, 0.25) is 0 Å². The average molecular weight is 273 g/mol. The second kappa shape index (κ2) is 5.84. The molecule has 0 amide bonds. The van der Waals surface area contributed by atoms with Gasteiger partial charge in [0.05, 0.1) is 0 Å². The fourth-order valence-electron chi connectivity index (χ4n) is 3.98. The zero-order valence-corrected chi connectivity index (χ0v) is 12.8. The molecule has 0 saturated carbocycles. The summed E-state index contributed by atoms with van der Waals surface area (Å²) in [6, 6.07) is 10.1. The number of nitrogens with zero attached hydrogens (tertiary/aromatic N) is 2. The summed E-state index contributed by atoms with van der Waals surface area (Å²) in [6.45, 7) is 9.27. The van der Waals surface area contributed by atoms with Gasteiger partial charge in [0.2, 0.25) is 0 Å². The van der Waals surface area contributed by atoms with Crippen molar-refractivity contribution in [3.05, 3.63) is 35.4 Å². The maximum atomic E-state index is 6.58. The molecular formula is C17H27N3. The molecule has 1 aromatic carbocycles. The summed E-state index contributed by atoms with van der Waals surface area (Å²) < 4.78 is 0. The molecule has 1 heterocycles. The molecule has 1 fully saturated rings. The molecule has 0 aromatic heterocycles. The van der Waals surface area contributed by atoms with E-state index in [0.29, 0.717) is 12.1 Å². The summed E-state index contributed by atoms with van der Waals surface area (Å²) in [5.41, 5.74) is 9.40. The van der Waals surface area contributed by atoms with Gasteiger partial charge < -0.3 is 5.73 Å². The van der Waals surface area contributed by atoms with Crippen LogP contribution in [0, 0.1) is 0 Å². The maximum Gasteiger partial charge on any atom is 0.0455 e. The van der Waals surface area contributed by atoms with Crippen molar-refractivity contribution < 1.29 is 0 Å². The number of fused-ring (bicyclic) bond motifs is 1. The van der Waals surface area contributed by atoms with Gasteiger partial charge in [0.25, 0.3) is 0 Å². The van der Waals surface area contributed by atoms with Gasteiger partial charge in [-0.25, -0.2) is 0 Å².